The Morgan fingerprint density at radius 2 is 2.13 bits per heavy atom. The van der Waals surface area contributed by atoms with Gasteiger partial charge in [0.2, 0.25) is 0 Å². The Kier molecular flexibility index (Phi) is 2.98. The lowest BCUT2D eigenvalue weighted by Gasteiger charge is -2.27. The van der Waals surface area contributed by atoms with Crippen LogP contribution in [0.4, 0.5) is 0 Å². The predicted octanol–water partition coefficient (Wildman–Crippen LogP) is 0.724. The molecule has 0 aliphatic carbocycles. The fourth-order valence-corrected chi connectivity index (χ4v) is 2.02. The summed E-state index contributed by atoms with van der Waals surface area (Å²) in [6.07, 6.45) is 1.75. The van der Waals surface area contributed by atoms with E-state index in [9.17, 15) is 4.79 Å². The van der Waals surface area contributed by atoms with Crippen LogP contribution in [0.15, 0.2) is 12.3 Å². The number of nitrogens with zero attached hydrogens (tertiary/aromatic N) is 2. The van der Waals surface area contributed by atoms with Crippen LogP contribution in [0.5, 0.6) is 0 Å². The first-order chi connectivity index (χ1) is 7.18. The summed E-state index contributed by atoms with van der Waals surface area (Å²) in [5.41, 5.74) is 0.655. The van der Waals surface area contributed by atoms with Crippen molar-refractivity contribution >= 4 is 17.5 Å². The Morgan fingerprint density at radius 1 is 1.47 bits per heavy atom. The van der Waals surface area contributed by atoms with Gasteiger partial charge in [-0.1, -0.05) is 11.6 Å². The van der Waals surface area contributed by atoms with Crippen molar-refractivity contribution in [3.63, 3.8) is 0 Å². The van der Waals surface area contributed by atoms with E-state index in [1.807, 2.05) is 11.9 Å². The average molecular weight is 228 g/mol. The van der Waals surface area contributed by atoms with Crippen LogP contribution >= 0.6 is 11.6 Å². The summed E-state index contributed by atoms with van der Waals surface area (Å²) in [6, 6.07) is 1.71. The van der Waals surface area contributed by atoms with E-state index in [0.717, 1.165) is 26.2 Å². The van der Waals surface area contributed by atoms with E-state index in [1.165, 1.54) is 0 Å². The zero-order valence-electron chi connectivity index (χ0n) is 8.66. The maximum Gasteiger partial charge on any atom is 0.270 e. The lowest BCUT2D eigenvalue weighted by atomic mass is 10.3. The van der Waals surface area contributed by atoms with Gasteiger partial charge in [0, 0.05) is 39.4 Å². The van der Waals surface area contributed by atoms with Crippen LogP contribution in [0.3, 0.4) is 0 Å². The molecular formula is C10H14ClN3O. The summed E-state index contributed by atoms with van der Waals surface area (Å²) in [6.45, 7) is 3.26. The molecule has 0 saturated carbocycles. The molecule has 0 aromatic carbocycles. The summed E-state index contributed by atoms with van der Waals surface area (Å²) in [5.74, 6) is 0.0610. The second-order valence-corrected chi connectivity index (χ2v) is 4.13. The van der Waals surface area contributed by atoms with Gasteiger partial charge in [-0.25, -0.2) is 0 Å². The van der Waals surface area contributed by atoms with Crippen LogP contribution < -0.4 is 5.32 Å². The van der Waals surface area contributed by atoms with Crippen molar-refractivity contribution in [2.75, 3.05) is 26.2 Å². The lowest BCUT2D eigenvalue weighted by molar-refractivity contribution is 0.0726. The van der Waals surface area contributed by atoms with Gasteiger partial charge in [0.05, 0.1) is 5.02 Å². The zero-order valence-corrected chi connectivity index (χ0v) is 9.42. The van der Waals surface area contributed by atoms with Crippen molar-refractivity contribution in [3.8, 4) is 0 Å². The number of rotatable bonds is 1. The van der Waals surface area contributed by atoms with Gasteiger partial charge in [0.1, 0.15) is 5.69 Å². The molecule has 1 aromatic rings. The number of halogens is 1. The summed E-state index contributed by atoms with van der Waals surface area (Å²) >= 11 is 5.84. The SMILES string of the molecule is Cn1cc(Cl)cc1C(=O)N1CCNCC1. The van der Waals surface area contributed by atoms with Crippen molar-refractivity contribution in [3.05, 3.63) is 23.0 Å². The molecule has 1 amide bonds. The van der Waals surface area contributed by atoms with Crippen molar-refractivity contribution in [2.45, 2.75) is 0 Å². The Hall–Kier alpha value is -1.00. The second-order valence-electron chi connectivity index (χ2n) is 3.70. The molecule has 0 unspecified atom stereocenters. The van der Waals surface area contributed by atoms with Crippen LogP contribution in [0.25, 0.3) is 0 Å². The van der Waals surface area contributed by atoms with Crippen LogP contribution in [-0.2, 0) is 7.05 Å². The summed E-state index contributed by atoms with van der Waals surface area (Å²) in [4.78, 5) is 13.9. The van der Waals surface area contributed by atoms with Crippen LogP contribution in [0.1, 0.15) is 10.5 Å². The lowest BCUT2D eigenvalue weighted by Crippen LogP contribution is -2.46. The van der Waals surface area contributed by atoms with Crippen molar-refractivity contribution in [1.29, 1.82) is 0 Å². The number of amides is 1. The van der Waals surface area contributed by atoms with Gasteiger partial charge >= 0.3 is 0 Å². The summed E-state index contributed by atoms with van der Waals surface area (Å²) < 4.78 is 1.77. The third-order valence-electron chi connectivity index (χ3n) is 2.59. The highest BCUT2D eigenvalue weighted by molar-refractivity contribution is 6.31. The normalized spacial score (nSPS) is 16.8. The molecule has 15 heavy (non-hydrogen) atoms. The molecule has 0 bridgehead atoms. The highest BCUT2D eigenvalue weighted by atomic mass is 35.5. The molecule has 5 heteroatoms. The molecule has 1 fully saturated rings. The molecule has 1 saturated heterocycles. The standard InChI is InChI=1S/C10H14ClN3O/c1-13-7-8(11)6-9(13)10(15)14-4-2-12-3-5-14/h6-7,12H,2-5H2,1H3. The highest BCUT2D eigenvalue weighted by Gasteiger charge is 2.20. The number of hydrogen-bond donors (Lipinski definition) is 1. The topological polar surface area (TPSA) is 37.3 Å². The molecule has 0 spiro atoms. The van der Waals surface area contributed by atoms with E-state index in [-0.39, 0.29) is 5.91 Å². The fraction of sp³-hybridized carbons (Fsp3) is 0.500. The third kappa shape index (κ3) is 2.16. The molecule has 4 nitrogen and oxygen atoms in total. The van der Waals surface area contributed by atoms with Crippen molar-refractivity contribution in [2.24, 2.45) is 7.05 Å². The predicted molar refractivity (Wildman–Crippen MR) is 59.2 cm³/mol. The quantitative estimate of drug-likeness (QED) is 0.768. The van der Waals surface area contributed by atoms with E-state index in [4.69, 9.17) is 11.6 Å². The molecule has 1 N–H and O–H groups in total. The second kappa shape index (κ2) is 4.24. The smallest absolute Gasteiger partial charge is 0.270 e. The molecule has 82 valence electrons. The third-order valence-corrected chi connectivity index (χ3v) is 2.80. The van der Waals surface area contributed by atoms with E-state index in [0.29, 0.717) is 10.7 Å². The maximum atomic E-state index is 12.1. The van der Waals surface area contributed by atoms with E-state index < -0.39 is 0 Å². The van der Waals surface area contributed by atoms with E-state index >= 15 is 0 Å². The molecule has 1 aliphatic heterocycles. The Balaban J connectivity index is 2.16. The van der Waals surface area contributed by atoms with Gasteiger partial charge in [-0.15, -0.1) is 0 Å². The Morgan fingerprint density at radius 3 is 2.67 bits per heavy atom. The van der Waals surface area contributed by atoms with E-state index in [2.05, 4.69) is 5.32 Å². The van der Waals surface area contributed by atoms with Gasteiger partial charge in [0.15, 0.2) is 0 Å². The van der Waals surface area contributed by atoms with Crippen LogP contribution in [0, 0.1) is 0 Å². The maximum absolute atomic E-state index is 12.1. The Labute approximate surface area is 93.8 Å². The number of aromatic nitrogens is 1. The van der Waals surface area contributed by atoms with Gasteiger partial charge in [0.25, 0.3) is 5.91 Å². The summed E-state index contributed by atoms with van der Waals surface area (Å²) in [7, 11) is 1.83. The van der Waals surface area contributed by atoms with Gasteiger partial charge in [-0.3, -0.25) is 4.79 Å². The van der Waals surface area contributed by atoms with Crippen LogP contribution in [0.2, 0.25) is 5.02 Å². The molecule has 2 rings (SSSR count). The van der Waals surface area contributed by atoms with Gasteiger partial charge in [-0.05, 0) is 6.07 Å². The minimum absolute atomic E-state index is 0.0610. The number of carbonyl (C=O) groups excluding carboxylic acids is 1. The first kappa shape index (κ1) is 10.5. The molecule has 2 heterocycles. The molecule has 1 aromatic heterocycles. The molecule has 0 radical (unpaired) electrons. The largest absolute Gasteiger partial charge is 0.345 e. The minimum Gasteiger partial charge on any atom is -0.345 e. The van der Waals surface area contributed by atoms with Crippen molar-refractivity contribution < 1.29 is 4.79 Å². The highest BCUT2D eigenvalue weighted by Crippen LogP contribution is 2.14. The number of piperazine rings is 1. The van der Waals surface area contributed by atoms with Gasteiger partial charge < -0.3 is 14.8 Å². The number of nitrogens with one attached hydrogen (secondary N) is 1. The Bertz CT molecular complexity index is 369. The van der Waals surface area contributed by atoms with Gasteiger partial charge in [-0.2, -0.15) is 0 Å². The number of carbonyl (C=O) groups is 1. The fourth-order valence-electron chi connectivity index (χ4n) is 1.77. The van der Waals surface area contributed by atoms with Crippen molar-refractivity contribution in [1.82, 2.24) is 14.8 Å². The van der Waals surface area contributed by atoms with Crippen LogP contribution in [-0.4, -0.2) is 41.6 Å². The first-order valence-electron chi connectivity index (χ1n) is 5.00. The summed E-state index contributed by atoms with van der Waals surface area (Å²) in [5, 5.41) is 3.82. The average Bonchev–Trinajstić information content (AvgIpc) is 2.58. The monoisotopic (exact) mass is 227 g/mol. The number of aryl methyl sites for hydroxylation is 1. The minimum atomic E-state index is 0.0610. The van der Waals surface area contributed by atoms with E-state index in [1.54, 1.807) is 16.8 Å². The molecule has 0 atom stereocenters. The molecule has 1 aliphatic rings. The first-order valence-corrected chi connectivity index (χ1v) is 5.38. The molecular weight excluding hydrogens is 214 g/mol. The number of hydrogen-bond acceptors (Lipinski definition) is 2. The zero-order chi connectivity index (χ0) is 10.8.